The summed E-state index contributed by atoms with van der Waals surface area (Å²) in [6.45, 7) is 6.26. The van der Waals surface area contributed by atoms with Crippen molar-refractivity contribution in [3.8, 4) is 0 Å². The Hall–Kier alpha value is -0.870. The predicted molar refractivity (Wildman–Crippen MR) is 70.1 cm³/mol. The topological polar surface area (TPSA) is 52.7 Å². The van der Waals surface area contributed by atoms with Gasteiger partial charge in [-0.25, -0.2) is 0 Å². The van der Waals surface area contributed by atoms with E-state index in [1.807, 2.05) is 0 Å². The summed E-state index contributed by atoms with van der Waals surface area (Å²) in [6, 6.07) is 0. The van der Waals surface area contributed by atoms with Crippen LogP contribution in [0.2, 0.25) is 0 Å². The average Bonchev–Trinajstić information content (AvgIpc) is 2.77. The van der Waals surface area contributed by atoms with Gasteiger partial charge in [-0.1, -0.05) is 6.92 Å². The van der Waals surface area contributed by atoms with Crippen LogP contribution in [0.4, 0.5) is 0 Å². The average molecular weight is 236 g/mol. The van der Waals surface area contributed by atoms with E-state index in [0.29, 0.717) is 0 Å². The van der Waals surface area contributed by atoms with Gasteiger partial charge in [0.15, 0.2) is 0 Å². The lowest BCUT2D eigenvalue weighted by Gasteiger charge is -2.11. The van der Waals surface area contributed by atoms with Gasteiger partial charge in [-0.3, -0.25) is 5.10 Å². The van der Waals surface area contributed by atoms with Crippen molar-refractivity contribution in [1.29, 1.82) is 0 Å². The minimum absolute atomic E-state index is 0.902. The molecule has 0 saturated carbocycles. The van der Waals surface area contributed by atoms with E-state index in [0.717, 1.165) is 26.2 Å². The first kappa shape index (κ1) is 12.6. The van der Waals surface area contributed by atoms with E-state index in [1.54, 1.807) is 0 Å². The highest BCUT2D eigenvalue weighted by molar-refractivity contribution is 5.27. The molecule has 0 fully saturated rings. The predicted octanol–water partition coefficient (Wildman–Crippen LogP) is 1.38. The molecule has 0 amide bonds. The molecule has 1 aliphatic carbocycles. The number of hydrogen-bond donors (Lipinski definition) is 3. The molecule has 0 spiro atoms. The van der Waals surface area contributed by atoms with Crippen LogP contribution in [0.5, 0.6) is 0 Å². The molecule has 0 radical (unpaired) electrons. The second-order valence-corrected chi connectivity index (χ2v) is 4.76. The molecule has 96 valence electrons. The monoisotopic (exact) mass is 236 g/mol. The van der Waals surface area contributed by atoms with Crippen molar-refractivity contribution in [2.75, 3.05) is 19.6 Å². The third-order valence-electron chi connectivity index (χ3n) is 3.34. The lowest BCUT2D eigenvalue weighted by atomic mass is 9.96. The molecule has 4 nitrogen and oxygen atoms in total. The Morgan fingerprint density at radius 1 is 1.12 bits per heavy atom. The molecule has 4 heteroatoms. The maximum atomic E-state index is 4.42. The van der Waals surface area contributed by atoms with E-state index in [2.05, 4.69) is 27.8 Å². The van der Waals surface area contributed by atoms with Crippen LogP contribution in [-0.4, -0.2) is 29.8 Å². The number of nitrogens with zero attached hydrogens (tertiary/aromatic N) is 1. The van der Waals surface area contributed by atoms with Crippen molar-refractivity contribution in [1.82, 2.24) is 20.8 Å². The molecule has 0 atom stereocenters. The van der Waals surface area contributed by atoms with Gasteiger partial charge in [0, 0.05) is 25.3 Å². The number of rotatable bonds is 7. The number of H-pyrrole nitrogens is 1. The zero-order chi connectivity index (χ0) is 11.9. The Kier molecular flexibility index (Phi) is 5.01. The third kappa shape index (κ3) is 3.54. The van der Waals surface area contributed by atoms with Crippen molar-refractivity contribution in [2.24, 2.45) is 0 Å². The number of fused-ring (bicyclic) bond motifs is 1. The molecule has 17 heavy (non-hydrogen) atoms. The van der Waals surface area contributed by atoms with E-state index in [4.69, 9.17) is 0 Å². The van der Waals surface area contributed by atoms with Crippen molar-refractivity contribution in [3.05, 3.63) is 17.0 Å². The maximum Gasteiger partial charge on any atom is 0.0794 e. The molecule has 1 heterocycles. The summed E-state index contributed by atoms with van der Waals surface area (Å²) in [7, 11) is 0. The normalized spacial score (nSPS) is 14.9. The Balaban J connectivity index is 1.70. The van der Waals surface area contributed by atoms with Gasteiger partial charge in [0.25, 0.3) is 0 Å². The minimum atomic E-state index is 0.902. The molecule has 0 saturated heterocycles. The Morgan fingerprint density at radius 2 is 1.94 bits per heavy atom. The van der Waals surface area contributed by atoms with E-state index < -0.39 is 0 Å². The van der Waals surface area contributed by atoms with Crippen LogP contribution in [0, 0.1) is 0 Å². The van der Waals surface area contributed by atoms with Gasteiger partial charge in [0.1, 0.15) is 0 Å². The fourth-order valence-electron chi connectivity index (χ4n) is 2.38. The van der Waals surface area contributed by atoms with Gasteiger partial charge < -0.3 is 10.6 Å². The first-order chi connectivity index (χ1) is 8.42. The maximum absolute atomic E-state index is 4.42. The van der Waals surface area contributed by atoms with Crippen molar-refractivity contribution >= 4 is 0 Å². The zero-order valence-corrected chi connectivity index (χ0v) is 10.8. The van der Waals surface area contributed by atoms with Crippen molar-refractivity contribution in [2.45, 2.75) is 45.6 Å². The number of aryl methyl sites for hydroxylation is 1. The SMILES string of the molecule is CCCNCCNCc1n[nH]c2c1CCCC2. The van der Waals surface area contributed by atoms with Crippen LogP contribution in [0.1, 0.15) is 43.1 Å². The molecule has 1 aromatic heterocycles. The van der Waals surface area contributed by atoms with Gasteiger partial charge >= 0.3 is 0 Å². The second-order valence-electron chi connectivity index (χ2n) is 4.76. The Labute approximate surface area is 104 Å². The molecule has 0 aliphatic heterocycles. The molecular formula is C13H24N4. The van der Waals surface area contributed by atoms with E-state index in [1.165, 1.54) is 49.1 Å². The highest BCUT2D eigenvalue weighted by atomic mass is 15.1. The summed E-state index contributed by atoms with van der Waals surface area (Å²) < 4.78 is 0. The van der Waals surface area contributed by atoms with Crippen LogP contribution >= 0.6 is 0 Å². The Bertz CT molecular complexity index is 332. The highest BCUT2D eigenvalue weighted by Crippen LogP contribution is 2.21. The molecule has 1 aromatic rings. The molecule has 1 aliphatic rings. The number of hydrogen-bond acceptors (Lipinski definition) is 3. The van der Waals surface area contributed by atoms with Crippen molar-refractivity contribution in [3.63, 3.8) is 0 Å². The van der Waals surface area contributed by atoms with Crippen LogP contribution in [0.3, 0.4) is 0 Å². The fourth-order valence-corrected chi connectivity index (χ4v) is 2.38. The molecule has 3 N–H and O–H groups in total. The van der Waals surface area contributed by atoms with E-state index in [9.17, 15) is 0 Å². The van der Waals surface area contributed by atoms with Gasteiger partial charge in [-0.05, 0) is 44.2 Å². The van der Waals surface area contributed by atoms with E-state index >= 15 is 0 Å². The van der Waals surface area contributed by atoms with Gasteiger partial charge in [-0.2, -0.15) is 5.10 Å². The summed E-state index contributed by atoms with van der Waals surface area (Å²) in [6.07, 6.45) is 6.21. The smallest absolute Gasteiger partial charge is 0.0794 e. The molecule has 0 bridgehead atoms. The van der Waals surface area contributed by atoms with Crippen LogP contribution in [-0.2, 0) is 19.4 Å². The zero-order valence-electron chi connectivity index (χ0n) is 10.8. The summed E-state index contributed by atoms with van der Waals surface area (Å²) in [5, 5.41) is 14.4. The van der Waals surface area contributed by atoms with E-state index in [-0.39, 0.29) is 0 Å². The van der Waals surface area contributed by atoms with Crippen molar-refractivity contribution < 1.29 is 0 Å². The van der Waals surface area contributed by atoms with Gasteiger partial charge in [0.05, 0.1) is 5.69 Å². The van der Waals surface area contributed by atoms with Gasteiger partial charge in [-0.15, -0.1) is 0 Å². The van der Waals surface area contributed by atoms with Crippen LogP contribution in [0.15, 0.2) is 0 Å². The number of nitrogens with one attached hydrogen (secondary N) is 3. The quantitative estimate of drug-likeness (QED) is 0.627. The standard InChI is InChI=1S/C13H24N4/c1-2-7-14-8-9-15-10-13-11-5-3-4-6-12(11)16-17-13/h14-15H,2-10H2,1H3,(H,16,17). The minimum Gasteiger partial charge on any atom is -0.315 e. The number of aromatic amines is 1. The van der Waals surface area contributed by atoms with Crippen LogP contribution < -0.4 is 10.6 Å². The molecule has 0 unspecified atom stereocenters. The highest BCUT2D eigenvalue weighted by Gasteiger charge is 2.15. The largest absolute Gasteiger partial charge is 0.315 e. The molecule has 2 rings (SSSR count). The summed E-state index contributed by atoms with van der Waals surface area (Å²) >= 11 is 0. The summed E-state index contributed by atoms with van der Waals surface area (Å²) in [5.74, 6) is 0. The summed E-state index contributed by atoms with van der Waals surface area (Å²) in [4.78, 5) is 0. The molecule has 0 aromatic carbocycles. The molecular weight excluding hydrogens is 212 g/mol. The van der Waals surface area contributed by atoms with Gasteiger partial charge in [0.2, 0.25) is 0 Å². The number of aromatic nitrogens is 2. The van der Waals surface area contributed by atoms with Crippen LogP contribution in [0.25, 0.3) is 0 Å². The second kappa shape index (κ2) is 6.77. The lowest BCUT2D eigenvalue weighted by molar-refractivity contribution is 0.598. The Morgan fingerprint density at radius 3 is 2.82 bits per heavy atom. The first-order valence-electron chi connectivity index (χ1n) is 6.88. The summed E-state index contributed by atoms with van der Waals surface area (Å²) in [5.41, 5.74) is 4.08. The first-order valence-corrected chi connectivity index (χ1v) is 6.88. The fraction of sp³-hybridized carbons (Fsp3) is 0.769. The third-order valence-corrected chi connectivity index (χ3v) is 3.34. The lowest BCUT2D eigenvalue weighted by Crippen LogP contribution is -2.27.